The van der Waals surface area contributed by atoms with Gasteiger partial charge in [0.1, 0.15) is 12.4 Å². The van der Waals surface area contributed by atoms with Crippen LogP contribution in [-0.2, 0) is 0 Å². The molecule has 0 saturated carbocycles. The van der Waals surface area contributed by atoms with Gasteiger partial charge in [0.15, 0.2) is 0 Å². The standard InChI is InChI=1S/C14H19NO3/c1-10-5-6-12(8-13(10)14(16)17)18-9-11-4-3-7-15(11)2/h5-6,8,11H,3-4,7,9H2,1-2H3,(H,16,17)/t11-/m1/s1. The highest BCUT2D eigenvalue weighted by molar-refractivity contribution is 5.89. The molecule has 1 N–H and O–H groups in total. The predicted octanol–water partition coefficient (Wildman–Crippen LogP) is 2.17. The van der Waals surface area contributed by atoms with Crippen LogP contribution in [0.1, 0.15) is 28.8 Å². The SMILES string of the molecule is Cc1ccc(OC[C@H]2CCCN2C)cc1C(=O)O. The second-order valence-electron chi connectivity index (χ2n) is 4.87. The lowest BCUT2D eigenvalue weighted by Crippen LogP contribution is -2.30. The first kappa shape index (κ1) is 12.9. The number of aromatic carboxylic acids is 1. The Bertz CT molecular complexity index is 445. The van der Waals surface area contributed by atoms with Crippen molar-refractivity contribution in [2.24, 2.45) is 0 Å². The molecule has 0 unspecified atom stereocenters. The normalized spacial score (nSPS) is 20.0. The van der Waals surface area contributed by atoms with E-state index in [2.05, 4.69) is 11.9 Å². The third-order valence-electron chi connectivity index (χ3n) is 3.55. The van der Waals surface area contributed by atoms with Crippen molar-refractivity contribution in [3.8, 4) is 5.75 Å². The van der Waals surface area contributed by atoms with E-state index in [4.69, 9.17) is 9.84 Å². The van der Waals surface area contributed by atoms with Crippen molar-refractivity contribution in [3.05, 3.63) is 29.3 Å². The molecule has 0 radical (unpaired) electrons. The topological polar surface area (TPSA) is 49.8 Å². The molecule has 1 heterocycles. The molecule has 1 saturated heterocycles. The van der Waals surface area contributed by atoms with Crippen LogP contribution >= 0.6 is 0 Å². The average molecular weight is 249 g/mol. The lowest BCUT2D eigenvalue weighted by Gasteiger charge is -2.19. The summed E-state index contributed by atoms with van der Waals surface area (Å²) in [6.45, 7) is 3.53. The van der Waals surface area contributed by atoms with E-state index < -0.39 is 5.97 Å². The van der Waals surface area contributed by atoms with Gasteiger partial charge >= 0.3 is 5.97 Å². The maximum atomic E-state index is 11.0. The molecule has 4 nitrogen and oxygen atoms in total. The Hall–Kier alpha value is -1.55. The van der Waals surface area contributed by atoms with Crippen LogP contribution in [0.5, 0.6) is 5.75 Å². The van der Waals surface area contributed by atoms with Gasteiger partial charge in [0.25, 0.3) is 0 Å². The van der Waals surface area contributed by atoms with Crippen LogP contribution < -0.4 is 4.74 Å². The van der Waals surface area contributed by atoms with Crippen LogP contribution in [-0.4, -0.2) is 42.2 Å². The Balaban J connectivity index is 2.01. The quantitative estimate of drug-likeness (QED) is 0.888. The molecule has 0 aromatic heterocycles. The Labute approximate surface area is 107 Å². The lowest BCUT2D eigenvalue weighted by atomic mass is 10.1. The van der Waals surface area contributed by atoms with Gasteiger partial charge < -0.3 is 14.7 Å². The first-order valence-electron chi connectivity index (χ1n) is 6.25. The van der Waals surface area contributed by atoms with E-state index in [9.17, 15) is 4.79 Å². The molecule has 1 aliphatic heterocycles. The number of benzene rings is 1. The molecule has 0 amide bonds. The molecule has 1 aromatic carbocycles. The summed E-state index contributed by atoms with van der Waals surface area (Å²) in [6, 6.07) is 5.67. The van der Waals surface area contributed by atoms with Crippen LogP contribution in [0.4, 0.5) is 0 Å². The summed E-state index contributed by atoms with van der Waals surface area (Å²) in [4.78, 5) is 13.3. The maximum Gasteiger partial charge on any atom is 0.336 e. The molecular formula is C14H19NO3. The van der Waals surface area contributed by atoms with Crippen molar-refractivity contribution in [1.82, 2.24) is 4.90 Å². The largest absolute Gasteiger partial charge is 0.492 e. The molecule has 0 aliphatic carbocycles. The van der Waals surface area contributed by atoms with Crippen LogP contribution in [0.3, 0.4) is 0 Å². The van der Waals surface area contributed by atoms with Crippen LogP contribution in [0.2, 0.25) is 0 Å². The van der Waals surface area contributed by atoms with Crippen molar-refractivity contribution >= 4 is 5.97 Å². The van der Waals surface area contributed by atoms with Crippen LogP contribution in [0, 0.1) is 6.92 Å². The first-order valence-corrected chi connectivity index (χ1v) is 6.25. The van der Waals surface area contributed by atoms with E-state index in [1.54, 1.807) is 19.1 Å². The van der Waals surface area contributed by atoms with Gasteiger partial charge in [-0.1, -0.05) is 6.07 Å². The minimum atomic E-state index is -0.907. The fourth-order valence-corrected chi connectivity index (χ4v) is 2.30. The maximum absolute atomic E-state index is 11.0. The number of nitrogens with zero attached hydrogens (tertiary/aromatic N) is 1. The number of likely N-dealkylation sites (tertiary alicyclic amines) is 1. The summed E-state index contributed by atoms with van der Waals surface area (Å²) < 4.78 is 5.70. The summed E-state index contributed by atoms with van der Waals surface area (Å²) in [7, 11) is 2.10. The number of hydrogen-bond acceptors (Lipinski definition) is 3. The molecule has 0 spiro atoms. The number of carboxylic acids is 1. The summed E-state index contributed by atoms with van der Waals surface area (Å²) in [5, 5.41) is 9.05. The van der Waals surface area contributed by atoms with Gasteiger partial charge in [0, 0.05) is 6.04 Å². The fraction of sp³-hybridized carbons (Fsp3) is 0.500. The molecule has 1 fully saturated rings. The van der Waals surface area contributed by atoms with E-state index in [0.717, 1.165) is 18.5 Å². The number of carboxylic acid groups (broad SMARTS) is 1. The molecule has 1 atom stereocenters. The Kier molecular flexibility index (Phi) is 3.87. The minimum absolute atomic E-state index is 0.312. The van der Waals surface area contributed by atoms with Gasteiger partial charge in [-0.2, -0.15) is 0 Å². The zero-order valence-corrected chi connectivity index (χ0v) is 10.8. The third kappa shape index (κ3) is 2.82. The zero-order valence-electron chi connectivity index (χ0n) is 10.8. The van der Waals surface area contributed by atoms with E-state index in [1.165, 1.54) is 6.42 Å². The molecule has 98 valence electrons. The minimum Gasteiger partial charge on any atom is -0.492 e. The Morgan fingerprint density at radius 3 is 2.94 bits per heavy atom. The Morgan fingerprint density at radius 1 is 1.56 bits per heavy atom. The third-order valence-corrected chi connectivity index (χ3v) is 3.55. The van der Waals surface area contributed by atoms with E-state index in [1.807, 2.05) is 6.07 Å². The molecule has 2 rings (SSSR count). The van der Waals surface area contributed by atoms with Crippen molar-refractivity contribution in [1.29, 1.82) is 0 Å². The van der Waals surface area contributed by atoms with Crippen molar-refractivity contribution in [3.63, 3.8) is 0 Å². The second-order valence-corrected chi connectivity index (χ2v) is 4.87. The number of aryl methyl sites for hydroxylation is 1. The van der Waals surface area contributed by atoms with Crippen LogP contribution in [0.15, 0.2) is 18.2 Å². The first-order chi connectivity index (χ1) is 8.58. The summed E-state index contributed by atoms with van der Waals surface area (Å²) in [6.07, 6.45) is 2.35. The lowest BCUT2D eigenvalue weighted by molar-refractivity contribution is 0.0695. The molecule has 0 bridgehead atoms. The van der Waals surface area contributed by atoms with Gasteiger partial charge in [0.2, 0.25) is 0 Å². The summed E-state index contributed by atoms with van der Waals surface area (Å²) in [5.41, 5.74) is 1.07. The van der Waals surface area contributed by atoms with Gasteiger partial charge in [-0.25, -0.2) is 4.79 Å². The van der Waals surface area contributed by atoms with Crippen molar-refractivity contribution in [2.45, 2.75) is 25.8 Å². The smallest absolute Gasteiger partial charge is 0.336 e. The number of ether oxygens (including phenoxy) is 1. The average Bonchev–Trinajstić information content (AvgIpc) is 2.73. The predicted molar refractivity (Wildman–Crippen MR) is 69.3 cm³/mol. The van der Waals surface area contributed by atoms with Gasteiger partial charge in [-0.05, 0) is 51.1 Å². The highest BCUT2D eigenvalue weighted by Gasteiger charge is 2.21. The number of likely N-dealkylation sites (N-methyl/N-ethyl adjacent to an activating group) is 1. The van der Waals surface area contributed by atoms with Gasteiger partial charge in [-0.15, -0.1) is 0 Å². The molecule has 1 aromatic rings. The summed E-state index contributed by atoms with van der Waals surface area (Å²) >= 11 is 0. The molecule has 18 heavy (non-hydrogen) atoms. The number of carbonyl (C=O) groups is 1. The van der Waals surface area contributed by atoms with Crippen molar-refractivity contribution in [2.75, 3.05) is 20.2 Å². The Morgan fingerprint density at radius 2 is 2.33 bits per heavy atom. The highest BCUT2D eigenvalue weighted by atomic mass is 16.5. The summed E-state index contributed by atoms with van der Waals surface area (Å²) in [5.74, 6) is -0.269. The van der Waals surface area contributed by atoms with Gasteiger partial charge in [0.05, 0.1) is 5.56 Å². The second kappa shape index (κ2) is 5.40. The van der Waals surface area contributed by atoms with E-state index >= 15 is 0 Å². The van der Waals surface area contributed by atoms with E-state index in [-0.39, 0.29) is 0 Å². The monoisotopic (exact) mass is 249 g/mol. The van der Waals surface area contributed by atoms with Crippen LogP contribution in [0.25, 0.3) is 0 Å². The molecule has 4 heteroatoms. The van der Waals surface area contributed by atoms with Gasteiger partial charge in [-0.3, -0.25) is 0 Å². The number of hydrogen-bond donors (Lipinski definition) is 1. The highest BCUT2D eigenvalue weighted by Crippen LogP contribution is 2.20. The number of rotatable bonds is 4. The molecule has 1 aliphatic rings. The fourth-order valence-electron chi connectivity index (χ4n) is 2.30. The zero-order chi connectivity index (χ0) is 13.1. The van der Waals surface area contributed by atoms with E-state index in [0.29, 0.717) is 24.0 Å². The van der Waals surface area contributed by atoms with Crippen molar-refractivity contribution < 1.29 is 14.6 Å². The molecular weight excluding hydrogens is 230 g/mol.